The third-order valence-corrected chi connectivity index (χ3v) is 3.41. The molecule has 0 amide bonds. The van der Waals surface area contributed by atoms with Crippen LogP contribution in [0.5, 0.6) is 0 Å². The molecule has 0 aromatic heterocycles. The molecule has 0 spiro atoms. The second kappa shape index (κ2) is 3.35. The zero-order valence-electron chi connectivity index (χ0n) is 8.21. The van der Waals surface area contributed by atoms with Crippen molar-refractivity contribution in [3.63, 3.8) is 0 Å². The number of hydrogen-bond donors (Lipinski definition) is 1. The van der Waals surface area contributed by atoms with Gasteiger partial charge < -0.3 is 5.32 Å². The van der Waals surface area contributed by atoms with E-state index in [1.807, 2.05) is 0 Å². The summed E-state index contributed by atoms with van der Waals surface area (Å²) in [4.78, 5) is 2.66. The molecule has 1 N–H and O–H groups in total. The van der Waals surface area contributed by atoms with Crippen LogP contribution >= 0.6 is 0 Å². The topological polar surface area (TPSA) is 15.3 Å². The number of rotatable bonds is 1. The van der Waals surface area contributed by atoms with Crippen molar-refractivity contribution < 1.29 is 0 Å². The average molecular weight is 168 g/mol. The summed E-state index contributed by atoms with van der Waals surface area (Å²) in [5, 5.41) is 3.49. The molecule has 2 fully saturated rings. The van der Waals surface area contributed by atoms with Gasteiger partial charge in [0.15, 0.2) is 0 Å². The Balaban J connectivity index is 1.97. The minimum absolute atomic E-state index is 0.842. The van der Waals surface area contributed by atoms with Gasteiger partial charge in [0, 0.05) is 6.04 Å². The fourth-order valence-corrected chi connectivity index (χ4v) is 2.70. The minimum Gasteiger partial charge on any atom is -0.316 e. The van der Waals surface area contributed by atoms with Crippen molar-refractivity contribution in [1.29, 1.82) is 0 Å². The van der Waals surface area contributed by atoms with Gasteiger partial charge in [-0.15, -0.1) is 0 Å². The fourth-order valence-electron chi connectivity index (χ4n) is 2.70. The molecule has 2 nitrogen and oxygen atoms in total. The Bertz CT molecular complexity index is 141. The summed E-state index contributed by atoms with van der Waals surface area (Å²) >= 11 is 0. The third kappa shape index (κ3) is 1.38. The first-order valence-corrected chi connectivity index (χ1v) is 5.24. The summed E-state index contributed by atoms with van der Waals surface area (Å²) in [7, 11) is 0. The maximum Gasteiger partial charge on any atom is 0.0171 e. The van der Waals surface area contributed by atoms with Gasteiger partial charge in [-0.25, -0.2) is 0 Å². The van der Waals surface area contributed by atoms with Crippen molar-refractivity contribution in [2.45, 2.75) is 26.3 Å². The summed E-state index contributed by atoms with van der Waals surface area (Å²) in [6.07, 6.45) is 1.42. The van der Waals surface area contributed by atoms with Crippen molar-refractivity contribution in [3.8, 4) is 0 Å². The van der Waals surface area contributed by atoms with Crippen LogP contribution in [0.1, 0.15) is 20.3 Å². The van der Waals surface area contributed by atoms with Crippen LogP contribution in [0.3, 0.4) is 0 Å². The molecule has 12 heavy (non-hydrogen) atoms. The molecule has 2 heteroatoms. The van der Waals surface area contributed by atoms with Gasteiger partial charge in [0.05, 0.1) is 0 Å². The lowest BCUT2D eigenvalue weighted by molar-refractivity contribution is 0.0320. The number of nitrogens with one attached hydrogen (secondary N) is 1. The van der Waals surface area contributed by atoms with Crippen LogP contribution in [-0.4, -0.2) is 37.1 Å². The number of likely N-dealkylation sites (tertiary alicyclic amines) is 1. The molecule has 2 aliphatic heterocycles. The Morgan fingerprint density at radius 2 is 1.67 bits per heavy atom. The van der Waals surface area contributed by atoms with E-state index in [2.05, 4.69) is 24.1 Å². The Kier molecular flexibility index (Phi) is 2.37. The van der Waals surface area contributed by atoms with Crippen molar-refractivity contribution >= 4 is 0 Å². The summed E-state index contributed by atoms with van der Waals surface area (Å²) < 4.78 is 0. The molecule has 0 aliphatic carbocycles. The number of hydrogen-bond acceptors (Lipinski definition) is 2. The van der Waals surface area contributed by atoms with Crippen molar-refractivity contribution in [2.24, 2.45) is 11.8 Å². The summed E-state index contributed by atoms with van der Waals surface area (Å²) in [5.74, 6) is 1.68. The maximum absolute atomic E-state index is 3.49. The van der Waals surface area contributed by atoms with E-state index in [-0.39, 0.29) is 0 Å². The highest BCUT2D eigenvalue weighted by Gasteiger charge is 2.34. The van der Waals surface area contributed by atoms with E-state index < -0.39 is 0 Å². The van der Waals surface area contributed by atoms with Crippen LogP contribution in [0.25, 0.3) is 0 Å². The second-order valence-electron chi connectivity index (χ2n) is 4.49. The molecule has 70 valence electrons. The van der Waals surface area contributed by atoms with E-state index in [4.69, 9.17) is 0 Å². The molecule has 0 aromatic rings. The Labute approximate surface area is 75.3 Å². The molecule has 2 unspecified atom stereocenters. The summed E-state index contributed by atoms with van der Waals surface area (Å²) in [6.45, 7) is 9.88. The van der Waals surface area contributed by atoms with E-state index in [0.717, 1.165) is 17.9 Å². The first-order valence-electron chi connectivity index (χ1n) is 5.24. The fraction of sp³-hybridized carbons (Fsp3) is 1.00. The van der Waals surface area contributed by atoms with Gasteiger partial charge in [-0.3, -0.25) is 4.90 Å². The zero-order chi connectivity index (χ0) is 8.55. The summed E-state index contributed by atoms with van der Waals surface area (Å²) in [5.41, 5.74) is 0. The van der Waals surface area contributed by atoms with Gasteiger partial charge in [-0.1, -0.05) is 13.8 Å². The van der Waals surface area contributed by atoms with Crippen LogP contribution in [0, 0.1) is 11.8 Å². The summed E-state index contributed by atoms with van der Waals surface area (Å²) in [6, 6.07) is 0.861. The van der Waals surface area contributed by atoms with Crippen LogP contribution in [0.4, 0.5) is 0 Å². The van der Waals surface area contributed by atoms with Gasteiger partial charge >= 0.3 is 0 Å². The van der Waals surface area contributed by atoms with Crippen molar-refractivity contribution in [1.82, 2.24) is 10.2 Å². The second-order valence-corrected chi connectivity index (χ2v) is 4.49. The van der Waals surface area contributed by atoms with E-state index >= 15 is 0 Å². The van der Waals surface area contributed by atoms with E-state index in [0.29, 0.717) is 0 Å². The number of piperidine rings is 1. The normalized spacial score (nSPS) is 44.0. The first-order chi connectivity index (χ1) is 5.79. The van der Waals surface area contributed by atoms with E-state index in [9.17, 15) is 0 Å². The quantitative estimate of drug-likeness (QED) is 0.627. The SMILES string of the molecule is CC1CNCC(C)C1N1CCC1. The van der Waals surface area contributed by atoms with Gasteiger partial charge in [0.25, 0.3) is 0 Å². The number of nitrogens with zero attached hydrogens (tertiary/aromatic N) is 1. The Hall–Kier alpha value is -0.0800. The molecule has 0 aromatic carbocycles. The predicted octanol–water partition coefficient (Wildman–Crippen LogP) is 0.936. The monoisotopic (exact) mass is 168 g/mol. The molecule has 2 aliphatic rings. The van der Waals surface area contributed by atoms with Crippen LogP contribution in [-0.2, 0) is 0 Å². The molecular weight excluding hydrogens is 148 g/mol. The smallest absolute Gasteiger partial charge is 0.0171 e. The highest BCUT2D eigenvalue weighted by molar-refractivity contribution is 4.90. The average Bonchev–Trinajstić information content (AvgIpc) is 1.93. The van der Waals surface area contributed by atoms with Crippen molar-refractivity contribution in [3.05, 3.63) is 0 Å². The standard InChI is InChI=1S/C10H20N2/c1-8-6-11-7-9(2)10(8)12-4-3-5-12/h8-11H,3-7H2,1-2H3. The molecule has 0 bridgehead atoms. The Morgan fingerprint density at radius 1 is 1.08 bits per heavy atom. The van der Waals surface area contributed by atoms with Gasteiger partial charge in [-0.05, 0) is 44.4 Å². The lowest BCUT2D eigenvalue weighted by Crippen LogP contribution is -2.57. The van der Waals surface area contributed by atoms with Crippen LogP contribution in [0.15, 0.2) is 0 Å². The van der Waals surface area contributed by atoms with E-state index in [1.54, 1.807) is 0 Å². The lowest BCUT2D eigenvalue weighted by Gasteiger charge is -2.47. The highest BCUT2D eigenvalue weighted by atomic mass is 15.2. The van der Waals surface area contributed by atoms with Crippen LogP contribution in [0.2, 0.25) is 0 Å². The lowest BCUT2D eigenvalue weighted by atomic mass is 9.84. The zero-order valence-corrected chi connectivity index (χ0v) is 8.21. The Morgan fingerprint density at radius 3 is 2.08 bits per heavy atom. The molecule has 2 rings (SSSR count). The molecule has 2 atom stereocenters. The molecular formula is C10H20N2. The minimum atomic E-state index is 0.842. The molecule has 2 saturated heterocycles. The van der Waals surface area contributed by atoms with Gasteiger partial charge in [-0.2, -0.15) is 0 Å². The molecule has 0 radical (unpaired) electrons. The first kappa shape index (κ1) is 8.52. The van der Waals surface area contributed by atoms with Crippen molar-refractivity contribution in [2.75, 3.05) is 26.2 Å². The maximum atomic E-state index is 3.49. The van der Waals surface area contributed by atoms with E-state index in [1.165, 1.54) is 32.6 Å². The third-order valence-electron chi connectivity index (χ3n) is 3.41. The van der Waals surface area contributed by atoms with Gasteiger partial charge in [0.2, 0.25) is 0 Å². The molecule has 0 saturated carbocycles. The largest absolute Gasteiger partial charge is 0.316 e. The predicted molar refractivity (Wildman–Crippen MR) is 51.2 cm³/mol. The molecule has 2 heterocycles. The van der Waals surface area contributed by atoms with Gasteiger partial charge in [0.1, 0.15) is 0 Å². The highest BCUT2D eigenvalue weighted by Crippen LogP contribution is 2.26. The van der Waals surface area contributed by atoms with Crippen LogP contribution < -0.4 is 5.32 Å².